The smallest absolute Gasteiger partial charge is 0.335 e. The Kier molecular flexibility index (Phi) is 8.54. The van der Waals surface area contributed by atoms with Crippen LogP contribution in [-0.2, 0) is 4.79 Å². The predicted octanol–water partition coefficient (Wildman–Crippen LogP) is 3.63. The van der Waals surface area contributed by atoms with Gasteiger partial charge in [-0.15, -0.1) is 0 Å². The number of carboxylic acids is 1. The van der Waals surface area contributed by atoms with Crippen molar-refractivity contribution in [2.45, 2.75) is 32.1 Å². The molecule has 3 rings (SSSR count). The van der Waals surface area contributed by atoms with Gasteiger partial charge in [-0.25, -0.2) is 4.79 Å². The highest BCUT2D eigenvalue weighted by Gasteiger charge is 2.23. The molecular weight excluding hydrogens is 406 g/mol. The zero-order chi connectivity index (χ0) is 22.8. The van der Waals surface area contributed by atoms with Gasteiger partial charge in [0.25, 0.3) is 5.91 Å². The molecule has 0 bridgehead atoms. The number of nitrogens with zero attached hydrogens (tertiary/aromatic N) is 2. The summed E-state index contributed by atoms with van der Waals surface area (Å²) in [5, 5.41) is 11.9. The average Bonchev–Trinajstić information content (AvgIpc) is 2.83. The van der Waals surface area contributed by atoms with E-state index >= 15 is 0 Å². The number of aromatic nitrogens is 1. The molecule has 1 aromatic carbocycles. The molecule has 0 spiro atoms. The van der Waals surface area contributed by atoms with Gasteiger partial charge in [-0.05, 0) is 67.2 Å². The van der Waals surface area contributed by atoms with Crippen molar-refractivity contribution in [3.63, 3.8) is 0 Å². The van der Waals surface area contributed by atoms with Crippen LogP contribution in [0.2, 0.25) is 0 Å². The molecule has 168 valence electrons. The zero-order valence-electron chi connectivity index (χ0n) is 18.1. The highest BCUT2D eigenvalue weighted by atomic mass is 16.4. The van der Waals surface area contributed by atoms with Gasteiger partial charge in [-0.1, -0.05) is 18.9 Å². The molecule has 2 aromatic rings. The average molecular weight is 436 g/mol. The van der Waals surface area contributed by atoms with Crippen molar-refractivity contribution in [1.29, 1.82) is 0 Å². The Balaban J connectivity index is 1.30. The molecule has 2 heterocycles. The second kappa shape index (κ2) is 11.8. The van der Waals surface area contributed by atoms with Crippen molar-refractivity contribution in [3.05, 3.63) is 71.6 Å². The van der Waals surface area contributed by atoms with Gasteiger partial charge in [-0.2, -0.15) is 0 Å². The number of likely N-dealkylation sites (tertiary alicyclic amines) is 1. The number of hydrogen-bond acceptors (Lipinski definition) is 4. The molecule has 1 saturated heterocycles. The van der Waals surface area contributed by atoms with Crippen LogP contribution in [0.25, 0.3) is 6.08 Å². The van der Waals surface area contributed by atoms with E-state index in [-0.39, 0.29) is 17.4 Å². The number of piperidine rings is 1. The van der Waals surface area contributed by atoms with E-state index in [0.29, 0.717) is 18.0 Å². The minimum atomic E-state index is -0.995. The molecule has 1 aliphatic rings. The molecule has 7 heteroatoms. The molecule has 1 aromatic heterocycles. The summed E-state index contributed by atoms with van der Waals surface area (Å²) in [6, 6.07) is 9.82. The fourth-order valence-electron chi connectivity index (χ4n) is 3.84. The molecule has 32 heavy (non-hydrogen) atoms. The minimum absolute atomic E-state index is 0.0394. The van der Waals surface area contributed by atoms with Crippen LogP contribution in [-0.4, -0.2) is 52.4 Å². The van der Waals surface area contributed by atoms with Gasteiger partial charge in [0, 0.05) is 43.7 Å². The SMILES string of the molecule is O=C(C=Cc1cccnc1)NCCCCC1CCN(C(=O)c2ccc(C(=O)O)cc2)CC1. The standard InChI is InChI=1S/C25H29N3O4/c29-23(11-6-20-5-3-14-26-18-20)27-15-2-1-4-19-12-16-28(17-13-19)24(30)21-7-9-22(10-8-21)25(31)32/h3,5-11,14,18-19H,1-2,4,12-13,15-17H2,(H,27,29)(H,31,32). The van der Waals surface area contributed by atoms with E-state index < -0.39 is 5.97 Å². The Morgan fingerprint density at radius 2 is 1.78 bits per heavy atom. The van der Waals surface area contributed by atoms with E-state index in [1.54, 1.807) is 30.6 Å². The Labute approximate surface area is 188 Å². The summed E-state index contributed by atoms with van der Waals surface area (Å²) in [5.74, 6) is -0.542. The summed E-state index contributed by atoms with van der Waals surface area (Å²) in [4.78, 5) is 41.3. The first-order valence-electron chi connectivity index (χ1n) is 11.0. The third-order valence-corrected chi connectivity index (χ3v) is 5.73. The molecule has 0 atom stereocenters. The lowest BCUT2D eigenvalue weighted by molar-refractivity contribution is -0.116. The van der Waals surface area contributed by atoms with Crippen molar-refractivity contribution in [3.8, 4) is 0 Å². The van der Waals surface area contributed by atoms with E-state index in [2.05, 4.69) is 10.3 Å². The predicted molar refractivity (Wildman–Crippen MR) is 122 cm³/mol. The summed E-state index contributed by atoms with van der Waals surface area (Å²) in [7, 11) is 0. The quantitative estimate of drug-likeness (QED) is 0.463. The number of aromatic carboxylic acids is 1. The first-order chi connectivity index (χ1) is 15.5. The van der Waals surface area contributed by atoms with E-state index in [1.165, 1.54) is 18.2 Å². The maximum Gasteiger partial charge on any atom is 0.335 e. The van der Waals surface area contributed by atoms with Crippen LogP contribution in [0.3, 0.4) is 0 Å². The Morgan fingerprint density at radius 3 is 2.44 bits per heavy atom. The lowest BCUT2D eigenvalue weighted by Crippen LogP contribution is -2.38. The van der Waals surface area contributed by atoms with Crippen molar-refractivity contribution < 1.29 is 19.5 Å². The van der Waals surface area contributed by atoms with Crippen LogP contribution < -0.4 is 5.32 Å². The lowest BCUT2D eigenvalue weighted by Gasteiger charge is -2.32. The number of benzene rings is 1. The number of rotatable bonds is 9. The summed E-state index contributed by atoms with van der Waals surface area (Å²) in [6.45, 7) is 2.10. The van der Waals surface area contributed by atoms with E-state index in [4.69, 9.17) is 5.11 Å². The van der Waals surface area contributed by atoms with Gasteiger partial charge in [0.2, 0.25) is 5.91 Å². The van der Waals surface area contributed by atoms with Crippen molar-refractivity contribution in [2.24, 2.45) is 5.92 Å². The molecule has 0 radical (unpaired) electrons. The summed E-state index contributed by atoms with van der Waals surface area (Å²) in [5.41, 5.74) is 1.60. The number of unbranched alkanes of at least 4 members (excludes halogenated alkanes) is 1. The van der Waals surface area contributed by atoms with Crippen molar-refractivity contribution >= 4 is 23.9 Å². The van der Waals surface area contributed by atoms with Crippen molar-refractivity contribution in [2.75, 3.05) is 19.6 Å². The zero-order valence-corrected chi connectivity index (χ0v) is 18.1. The summed E-state index contributed by atoms with van der Waals surface area (Å²) < 4.78 is 0. The molecule has 0 unspecified atom stereocenters. The first-order valence-corrected chi connectivity index (χ1v) is 11.0. The van der Waals surface area contributed by atoms with Gasteiger partial charge >= 0.3 is 5.97 Å². The highest BCUT2D eigenvalue weighted by Crippen LogP contribution is 2.23. The first kappa shape index (κ1) is 23.2. The van der Waals surface area contributed by atoms with Gasteiger partial charge in [-0.3, -0.25) is 14.6 Å². The minimum Gasteiger partial charge on any atom is -0.478 e. The Bertz CT molecular complexity index is 933. The van der Waals surface area contributed by atoms with Crippen LogP contribution in [0, 0.1) is 5.92 Å². The van der Waals surface area contributed by atoms with Crippen LogP contribution in [0.4, 0.5) is 0 Å². The molecular formula is C25H29N3O4. The molecule has 7 nitrogen and oxygen atoms in total. The van der Waals surface area contributed by atoms with Crippen LogP contribution in [0.5, 0.6) is 0 Å². The lowest BCUT2D eigenvalue weighted by atomic mass is 9.91. The molecule has 2 amide bonds. The number of carbonyl (C=O) groups is 3. The van der Waals surface area contributed by atoms with Crippen LogP contribution >= 0.6 is 0 Å². The summed E-state index contributed by atoms with van der Waals surface area (Å²) in [6.07, 6.45) is 11.7. The third-order valence-electron chi connectivity index (χ3n) is 5.73. The second-order valence-electron chi connectivity index (χ2n) is 8.02. The molecule has 0 aliphatic carbocycles. The molecule has 1 fully saturated rings. The van der Waals surface area contributed by atoms with E-state index in [0.717, 1.165) is 50.8 Å². The van der Waals surface area contributed by atoms with Gasteiger partial charge < -0.3 is 15.3 Å². The largest absolute Gasteiger partial charge is 0.478 e. The van der Waals surface area contributed by atoms with Crippen LogP contribution in [0.1, 0.15) is 58.4 Å². The molecule has 1 aliphatic heterocycles. The van der Waals surface area contributed by atoms with Crippen LogP contribution in [0.15, 0.2) is 54.9 Å². The third kappa shape index (κ3) is 7.04. The number of nitrogens with one attached hydrogen (secondary N) is 1. The fourth-order valence-corrected chi connectivity index (χ4v) is 3.84. The van der Waals surface area contributed by atoms with Crippen molar-refractivity contribution in [1.82, 2.24) is 15.2 Å². The number of carbonyl (C=O) groups excluding carboxylic acids is 2. The van der Waals surface area contributed by atoms with Gasteiger partial charge in [0.05, 0.1) is 5.56 Å². The monoisotopic (exact) mass is 435 g/mol. The topological polar surface area (TPSA) is 99.6 Å². The number of hydrogen-bond donors (Lipinski definition) is 2. The maximum atomic E-state index is 12.6. The van der Waals surface area contributed by atoms with E-state index in [1.807, 2.05) is 17.0 Å². The summed E-state index contributed by atoms with van der Waals surface area (Å²) >= 11 is 0. The molecule has 0 saturated carbocycles. The van der Waals surface area contributed by atoms with E-state index in [9.17, 15) is 14.4 Å². The number of amides is 2. The highest BCUT2D eigenvalue weighted by molar-refractivity contribution is 5.96. The molecule has 2 N–H and O–H groups in total. The fraction of sp³-hybridized carbons (Fsp3) is 0.360. The Morgan fingerprint density at radius 1 is 1.06 bits per heavy atom. The Hall–Kier alpha value is -3.48. The maximum absolute atomic E-state index is 12.6. The second-order valence-corrected chi connectivity index (χ2v) is 8.02. The number of pyridine rings is 1. The van der Waals surface area contributed by atoms with Gasteiger partial charge in [0.15, 0.2) is 0 Å². The normalized spacial score (nSPS) is 14.4. The number of carboxylic acid groups (broad SMARTS) is 1. The van der Waals surface area contributed by atoms with Gasteiger partial charge in [0.1, 0.15) is 0 Å².